The first kappa shape index (κ1) is 13.1. The molecule has 0 amide bonds. The van der Waals surface area contributed by atoms with Crippen LogP contribution in [0.5, 0.6) is 0 Å². The number of rotatable bonds is 6. The molecule has 0 bridgehead atoms. The van der Waals surface area contributed by atoms with E-state index in [-0.39, 0.29) is 5.92 Å². The van der Waals surface area contributed by atoms with Crippen LogP contribution in [-0.2, 0) is 11.2 Å². The number of hydrogen-bond donors (Lipinski definition) is 2. The summed E-state index contributed by atoms with van der Waals surface area (Å²) < 4.78 is 0. The summed E-state index contributed by atoms with van der Waals surface area (Å²) in [5.41, 5.74) is 2.87. The van der Waals surface area contributed by atoms with Gasteiger partial charge in [0.25, 0.3) is 0 Å². The van der Waals surface area contributed by atoms with E-state index in [1.165, 1.54) is 4.88 Å². The van der Waals surface area contributed by atoms with Crippen LogP contribution >= 0.6 is 11.3 Å². The number of nitrogens with one attached hydrogen (secondary N) is 1. The largest absolute Gasteiger partial charge is 0.480 e. The lowest BCUT2D eigenvalue weighted by atomic mass is 10.0. The topological polar surface area (TPSA) is 62.2 Å². The fraction of sp³-hybridized carbons (Fsp3) is 0.636. The molecule has 0 spiro atoms. The second-order valence-electron chi connectivity index (χ2n) is 4.12. The molecule has 0 aliphatic heterocycles. The number of aryl methyl sites for hydroxylation is 1. The van der Waals surface area contributed by atoms with Crippen LogP contribution in [0.25, 0.3) is 0 Å². The van der Waals surface area contributed by atoms with E-state index in [0.29, 0.717) is 6.54 Å². The molecule has 0 fully saturated rings. The zero-order valence-electron chi connectivity index (χ0n) is 9.86. The molecule has 1 rings (SSSR count). The van der Waals surface area contributed by atoms with Crippen LogP contribution < -0.4 is 5.32 Å². The van der Waals surface area contributed by atoms with E-state index in [4.69, 9.17) is 5.11 Å². The van der Waals surface area contributed by atoms with Crippen molar-refractivity contribution in [2.75, 3.05) is 6.54 Å². The van der Waals surface area contributed by atoms with Crippen molar-refractivity contribution in [3.63, 3.8) is 0 Å². The van der Waals surface area contributed by atoms with Crippen LogP contribution in [0.15, 0.2) is 5.51 Å². The molecule has 0 aliphatic rings. The first-order chi connectivity index (χ1) is 7.52. The molecule has 1 aromatic rings. The highest BCUT2D eigenvalue weighted by molar-refractivity contribution is 7.09. The first-order valence-electron chi connectivity index (χ1n) is 5.37. The van der Waals surface area contributed by atoms with E-state index < -0.39 is 12.0 Å². The van der Waals surface area contributed by atoms with Gasteiger partial charge in [-0.1, -0.05) is 13.8 Å². The van der Waals surface area contributed by atoms with Crippen molar-refractivity contribution in [1.82, 2.24) is 10.3 Å². The minimum Gasteiger partial charge on any atom is -0.480 e. The molecule has 0 radical (unpaired) electrons. The van der Waals surface area contributed by atoms with Gasteiger partial charge >= 0.3 is 5.97 Å². The standard InChI is InChI=1S/C11H18N2O2S/c1-7(2)10(11(14)15)12-5-4-9-8(3)13-6-16-9/h6-7,10,12H,4-5H2,1-3H3,(H,14,15). The molecule has 1 heterocycles. The maximum atomic E-state index is 10.9. The average Bonchev–Trinajstić information content (AvgIpc) is 2.57. The van der Waals surface area contributed by atoms with E-state index in [1.807, 2.05) is 26.3 Å². The Morgan fingerprint density at radius 2 is 2.31 bits per heavy atom. The molecule has 16 heavy (non-hydrogen) atoms. The zero-order valence-corrected chi connectivity index (χ0v) is 10.7. The Morgan fingerprint density at radius 3 is 2.75 bits per heavy atom. The third-order valence-electron chi connectivity index (χ3n) is 2.49. The molecule has 1 aromatic heterocycles. The maximum absolute atomic E-state index is 10.9. The SMILES string of the molecule is Cc1ncsc1CCNC(C(=O)O)C(C)C. The molecule has 2 N–H and O–H groups in total. The molecule has 4 nitrogen and oxygen atoms in total. The predicted octanol–water partition coefficient (Wildman–Crippen LogP) is 1.69. The Kier molecular flexibility index (Phi) is 4.89. The first-order valence-corrected chi connectivity index (χ1v) is 6.25. The third-order valence-corrected chi connectivity index (χ3v) is 3.49. The van der Waals surface area contributed by atoms with E-state index in [0.717, 1.165) is 12.1 Å². The van der Waals surface area contributed by atoms with Crippen LogP contribution in [0.3, 0.4) is 0 Å². The molecule has 0 aromatic carbocycles. The molecular weight excluding hydrogens is 224 g/mol. The van der Waals surface area contributed by atoms with Gasteiger partial charge in [-0.05, 0) is 19.3 Å². The van der Waals surface area contributed by atoms with Crippen molar-refractivity contribution < 1.29 is 9.90 Å². The minimum atomic E-state index is -0.781. The summed E-state index contributed by atoms with van der Waals surface area (Å²) in [6.45, 7) is 6.47. The van der Waals surface area contributed by atoms with Crippen LogP contribution in [0.1, 0.15) is 24.4 Å². The highest BCUT2D eigenvalue weighted by Gasteiger charge is 2.20. The molecule has 0 saturated heterocycles. The van der Waals surface area contributed by atoms with Gasteiger partial charge in [-0.2, -0.15) is 0 Å². The van der Waals surface area contributed by atoms with Crippen molar-refractivity contribution in [2.45, 2.75) is 33.2 Å². The minimum absolute atomic E-state index is 0.0973. The van der Waals surface area contributed by atoms with Crippen molar-refractivity contribution in [3.05, 3.63) is 16.1 Å². The monoisotopic (exact) mass is 242 g/mol. The zero-order chi connectivity index (χ0) is 12.1. The van der Waals surface area contributed by atoms with Gasteiger partial charge in [0.1, 0.15) is 6.04 Å². The second kappa shape index (κ2) is 5.96. The lowest BCUT2D eigenvalue weighted by Gasteiger charge is -2.17. The smallest absolute Gasteiger partial charge is 0.320 e. The second-order valence-corrected chi connectivity index (χ2v) is 5.06. The van der Waals surface area contributed by atoms with Crippen LogP contribution in [0.2, 0.25) is 0 Å². The van der Waals surface area contributed by atoms with E-state index in [9.17, 15) is 4.79 Å². The Bertz CT molecular complexity index is 350. The highest BCUT2D eigenvalue weighted by Crippen LogP contribution is 2.12. The molecule has 5 heteroatoms. The van der Waals surface area contributed by atoms with Crippen LogP contribution in [0.4, 0.5) is 0 Å². The van der Waals surface area contributed by atoms with Crippen LogP contribution in [0, 0.1) is 12.8 Å². The summed E-state index contributed by atoms with van der Waals surface area (Å²) in [6, 6.07) is -0.465. The number of carboxylic acids is 1. The number of aromatic nitrogens is 1. The fourth-order valence-electron chi connectivity index (χ4n) is 1.52. The Balaban J connectivity index is 2.40. The summed E-state index contributed by atoms with van der Waals surface area (Å²) in [5.74, 6) is -0.684. The summed E-state index contributed by atoms with van der Waals surface area (Å²) in [7, 11) is 0. The van der Waals surface area contributed by atoms with Gasteiger partial charge in [-0.3, -0.25) is 4.79 Å². The molecule has 1 unspecified atom stereocenters. The van der Waals surface area contributed by atoms with Gasteiger partial charge in [0, 0.05) is 11.4 Å². The quantitative estimate of drug-likeness (QED) is 0.797. The van der Waals surface area contributed by atoms with Crippen molar-refractivity contribution in [2.24, 2.45) is 5.92 Å². The fourth-order valence-corrected chi connectivity index (χ4v) is 2.30. The number of carboxylic acid groups (broad SMARTS) is 1. The molecule has 1 atom stereocenters. The van der Waals surface area contributed by atoms with Gasteiger partial charge in [0.05, 0.1) is 11.2 Å². The normalized spacial score (nSPS) is 13.0. The lowest BCUT2D eigenvalue weighted by Crippen LogP contribution is -2.41. The summed E-state index contributed by atoms with van der Waals surface area (Å²) in [5, 5.41) is 12.0. The average molecular weight is 242 g/mol. The maximum Gasteiger partial charge on any atom is 0.320 e. The molecule has 90 valence electrons. The highest BCUT2D eigenvalue weighted by atomic mass is 32.1. The Labute approximate surface area is 99.7 Å². The third kappa shape index (κ3) is 3.57. The Morgan fingerprint density at radius 1 is 1.62 bits per heavy atom. The molecular formula is C11H18N2O2S. The van der Waals surface area contributed by atoms with Crippen molar-refractivity contribution >= 4 is 17.3 Å². The van der Waals surface area contributed by atoms with E-state index in [2.05, 4.69) is 10.3 Å². The van der Waals surface area contributed by atoms with Crippen molar-refractivity contribution in [1.29, 1.82) is 0 Å². The van der Waals surface area contributed by atoms with Gasteiger partial charge in [-0.15, -0.1) is 11.3 Å². The summed E-state index contributed by atoms with van der Waals surface area (Å²) in [6.07, 6.45) is 0.840. The van der Waals surface area contributed by atoms with Gasteiger partial charge in [0.2, 0.25) is 0 Å². The van der Waals surface area contributed by atoms with E-state index >= 15 is 0 Å². The number of carbonyl (C=O) groups is 1. The number of nitrogens with zero attached hydrogens (tertiary/aromatic N) is 1. The van der Waals surface area contributed by atoms with Gasteiger partial charge in [0.15, 0.2) is 0 Å². The summed E-state index contributed by atoms with van der Waals surface area (Å²) in [4.78, 5) is 16.3. The van der Waals surface area contributed by atoms with Crippen molar-refractivity contribution in [3.8, 4) is 0 Å². The molecule has 0 saturated carbocycles. The van der Waals surface area contributed by atoms with E-state index in [1.54, 1.807) is 11.3 Å². The summed E-state index contributed by atoms with van der Waals surface area (Å²) >= 11 is 1.62. The lowest BCUT2D eigenvalue weighted by molar-refractivity contribution is -0.140. The molecule has 0 aliphatic carbocycles. The number of hydrogen-bond acceptors (Lipinski definition) is 4. The number of thiazole rings is 1. The number of aliphatic carboxylic acids is 1. The Hall–Kier alpha value is -0.940. The van der Waals surface area contributed by atoms with Gasteiger partial charge < -0.3 is 10.4 Å². The van der Waals surface area contributed by atoms with Crippen LogP contribution in [-0.4, -0.2) is 28.6 Å². The predicted molar refractivity (Wildman–Crippen MR) is 64.8 cm³/mol. The van der Waals surface area contributed by atoms with Gasteiger partial charge in [-0.25, -0.2) is 4.98 Å².